The van der Waals surface area contributed by atoms with E-state index >= 15 is 0 Å². The van der Waals surface area contributed by atoms with Crippen LogP contribution in [0.25, 0.3) is 0 Å². The molecule has 0 aromatic heterocycles. The number of rotatable bonds is 20. The third kappa shape index (κ3) is 21.6. The fraction of sp³-hybridized carbons (Fsp3) is 0.913. The summed E-state index contributed by atoms with van der Waals surface area (Å²) in [4.78, 5) is 0. The molecule has 0 radical (unpaired) electrons. The Bertz CT molecular complexity index is 323. The molecule has 2 N–H and O–H groups in total. The summed E-state index contributed by atoms with van der Waals surface area (Å²) in [5, 5.41) is 17.6. The van der Waals surface area contributed by atoms with E-state index in [4.69, 9.17) is 19.7 Å². The summed E-state index contributed by atoms with van der Waals surface area (Å²) < 4.78 is 11.3. The minimum Gasteiger partial charge on any atom is -0.396 e. The second kappa shape index (κ2) is 23.4. The van der Waals surface area contributed by atoms with E-state index in [1.165, 1.54) is 57.8 Å². The summed E-state index contributed by atoms with van der Waals surface area (Å²) in [6, 6.07) is 0. The van der Waals surface area contributed by atoms with E-state index in [2.05, 4.69) is 18.8 Å². The maximum atomic E-state index is 8.82. The van der Waals surface area contributed by atoms with Crippen LogP contribution in [0.3, 0.4) is 0 Å². The van der Waals surface area contributed by atoms with Gasteiger partial charge in [0.2, 0.25) is 6.29 Å². The molecule has 0 spiro atoms. The smallest absolute Gasteiger partial charge is 0.222 e. The van der Waals surface area contributed by atoms with Crippen molar-refractivity contribution in [3.05, 3.63) is 0 Å². The molecule has 0 saturated carbocycles. The van der Waals surface area contributed by atoms with Gasteiger partial charge in [0.25, 0.3) is 0 Å². The Morgan fingerprint density at radius 2 is 1.11 bits per heavy atom. The summed E-state index contributed by atoms with van der Waals surface area (Å²) in [7, 11) is 0. The second-order valence-electron chi connectivity index (χ2n) is 7.19. The van der Waals surface area contributed by atoms with Crippen LogP contribution in [0.5, 0.6) is 0 Å². The van der Waals surface area contributed by atoms with Gasteiger partial charge in [0, 0.05) is 19.6 Å². The molecule has 0 rings (SSSR count). The normalized spacial score (nSPS) is 11.0. The molecule has 0 saturated heterocycles. The number of hydrogen-bond acceptors (Lipinski definition) is 4. The SMILES string of the molecule is CCCCCCCCCCCCC#CC(OCCCCO)OCCCCO. The van der Waals surface area contributed by atoms with Crippen LogP contribution in [0.2, 0.25) is 0 Å². The Morgan fingerprint density at radius 1 is 0.630 bits per heavy atom. The van der Waals surface area contributed by atoms with Crippen molar-refractivity contribution in [2.45, 2.75) is 110 Å². The zero-order valence-electron chi connectivity index (χ0n) is 17.7. The van der Waals surface area contributed by atoms with Gasteiger partial charge in [0.15, 0.2) is 0 Å². The third-order valence-electron chi connectivity index (χ3n) is 4.52. The van der Waals surface area contributed by atoms with Crippen LogP contribution in [-0.2, 0) is 9.47 Å². The first kappa shape index (κ1) is 26.4. The third-order valence-corrected chi connectivity index (χ3v) is 4.52. The average Bonchev–Trinajstić information content (AvgIpc) is 2.68. The number of aliphatic hydroxyl groups excluding tert-OH is 2. The molecule has 0 atom stereocenters. The van der Waals surface area contributed by atoms with Crippen molar-refractivity contribution in [3.8, 4) is 11.8 Å². The van der Waals surface area contributed by atoms with E-state index in [9.17, 15) is 0 Å². The van der Waals surface area contributed by atoms with Crippen LogP contribution in [0.1, 0.15) is 103 Å². The Labute approximate surface area is 168 Å². The highest BCUT2D eigenvalue weighted by atomic mass is 16.7. The molecular weight excluding hydrogens is 340 g/mol. The van der Waals surface area contributed by atoms with E-state index in [1.807, 2.05) is 0 Å². The van der Waals surface area contributed by atoms with Crippen molar-refractivity contribution in [1.82, 2.24) is 0 Å². The lowest BCUT2D eigenvalue weighted by atomic mass is 10.1. The largest absolute Gasteiger partial charge is 0.396 e. The van der Waals surface area contributed by atoms with Gasteiger partial charge in [-0.15, -0.1) is 0 Å². The molecule has 0 fully saturated rings. The van der Waals surface area contributed by atoms with Crippen molar-refractivity contribution in [3.63, 3.8) is 0 Å². The van der Waals surface area contributed by atoms with Gasteiger partial charge in [-0.2, -0.15) is 0 Å². The Hall–Kier alpha value is -0.600. The standard InChI is InChI=1S/C23H44O4/c1-2-3-4-5-6-7-8-9-10-11-12-13-18-23(26-21-16-14-19-24)27-22-17-15-20-25/h23-25H,2-12,14-17,19-22H2,1H3. The molecule has 0 aliphatic heterocycles. The van der Waals surface area contributed by atoms with Crippen molar-refractivity contribution in [2.24, 2.45) is 0 Å². The summed E-state index contributed by atoms with van der Waals surface area (Å²) in [6.07, 6.45) is 16.9. The molecule has 0 aromatic rings. The highest BCUT2D eigenvalue weighted by molar-refractivity contribution is 5.02. The molecule has 0 bridgehead atoms. The van der Waals surface area contributed by atoms with Crippen molar-refractivity contribution < 1.29 is 19.7 Å². The summed E-state index contributed by atoms with van der Waals surface area (Å²) in [6.45, 7) is 3.75. The lowest BCUT2D eigenvalue weighted by Gasteiger charge is -2.13. The van der Waals surface area contributed by atoms with E-state index < -0.39 is 6.29 Å². The maximum Gasteiger partial charge on any atom is 0.222 e. The molecule has 160 valence electrons. The lowest BCUT2D eigenvalue weighted by Crippen LogP contribution is -2.17. The number of ether oxygens (including phenoxy) is 2. The van der Waals surface area contributed by atoms with Gasteiger partial charge < -0.3 is 19.7 Å². The summed E-state index contributed by atoms with van der Waals surface area (Å²) >= 11 is 0. The molecule has 0 aromatic carbocycles. The molecule has 0 aliphatic carbocycles. The molecule has 0 amide bonds. The monoisotopic (exact) mass is 384 g/mol. The van der Waals surface area contributed by atoms with Gasteiger partial charge in [0.05, 0.1) is 13.2 Å². The number of aliphatic hydroxyl groups is 2. The Morgan fingerprint density at radius 3 is 1.59 bits per heavy atom. The van der Waals surface area contributed by atoms with Crippen LogP contribution in [0.15, 0.2) is 0 Å². The fourth-order valence-electron chi connectivity index (χ4n) is 2.80. The lowest BCUT2D eigenvalue weighted by molar-refractivity contribution is -0.107. The van der Waals surface area contributed by atoms with Crippen LogP contribution >= 0.6 is 0 Å². The first-order valence-electron chi connectivity index (χ1n) is 11.3. The quantitative estimate of drug-likeness (QED) is 0.172. The predicted octanol–water partition coefficient (Wildman–Crippen LogP) is 5.21. The first-order chi connectivity index (χ1) is 13.3. The van der Waals surface area contributed by atoms with Gasteiger partial charge in [-0.05, 0) is 38.0 Å². The van der Waals surface area contributed by atoms with Gasteiger partial charge >= 0.3 is 0 Å². The highest BCUT2D eigenvalue weighted by Crippen LogP contribution is 2.11. The average molecular weight is 385 g/mol. The predicted molar refractivity (Wildman–Crippen MR) is 113 cm³/mol. The molecule has 0 unspecified atom stereocenters. The van der Waals surface area contributed by atoms with Gasteiger partial charge in [-0.3, -0.25) is 0 Å². The summed E-state index contributed by atoms with van der Waals surface area (Å²) in [5.74, 6) is 6.28. The Kier molecular flexibility index (Phi) is 22.9. The molecule has 0 heterocycles. The van der Waals surface area contributed by atoms with Gasteiger partial charge in [-0.25, -0.2) is 0 Å². The van der Waals surface area contributed by atoms with Gasteiger partial charge in [0.1, 0.15) is 0 Å². The fourth-order valence-corrected chi connectivity index (χ4v) is 2.80. The van der Waals surface area contributed by atoms with E-state index in [0.29, 0.717) is 13.2 Å². The summed E-state index contributed by atoms with van der Waals surface area (Å²) in [5.41, 5.74) is 0. The zero-order valence-corrected chi connectivity index (χ0v) is 17.7. The minimum atomic E-state index is -0.481. The van der Waals surface area contributed by atoms with Crippen molar-refractivity contribution in [1.29, 1.82) is 0 Å². The number of unbranched alkanes of at least 4 members (excludes halogenated alkanes) is 12. The first-order valence-corrected chi connectivity index (χ1v) is 11.3. The van der Waals surface area contributed by atoms with Crippen LogP contribution < -0.4 is 0 Å². The van der Waals surface area contributed by atoms with Gasteiger partial charge in [-0.1, -0.05) is 70.6 Å². The molecule has 4 heteroatoms. The van der Waals surface area contributed by atoms with Crippen molar-refractivity contribution in [2.75, 3.05) is 26.4 Å². The molecular formula is C23H44O4. The van der Waals surface area contributed by atoms with E-state index in [1.54, 1.807) is 0 Å². The minimum absolute atomic E-state index is 0.190. The molecule has 4 nitrogen and oxygen atoms in total. The second-order valence-corrected chi connectivity index (χ2v) is 7.19. The van der Waals surface area contributed by atoms with Crippen molar-refractivity contribution >= 4 is 0 Å². The molecule has 0 aliphatic rings. The molecule has 27 heavy (non-hydrogen) atoms. The van der Waals surface area contributed by atoms with Crippen LogP contribution in [-0.4, -0.2) is 42.9 Å². The van der Waals surface area contributed by atoms with Crippen LogP contribution in [0, 0.1) is 11.8 Å². The zero-order chi connectivity index (χ0) is 19.8. The van der Waals surface area contributed by atoms with E-state index in [-0.39, 0.29) is 13.2 Å². The van der Waals surface area contributed by atoms with Crippen LogP contribution in [0.4, 0.5) is 0 Å². The highest BCUT2D eigenvalue weighted by Gasteiger charge is 2.05. The van der Waals surface area contributed by atoms with E-state index in [0.717, 1.165) is 38.5 Å². The Balaban J connectivity index is 3.73. The number of hydrogen-bond donors (Lipinski definition) is 2. The topological polar surface area (TPSA) is 58.9 Å². The maximum absolute atomic E-state index is 8.82.